The third-order valence-electron chi connectivity index (χ3n) is 7.40. The summed E-state index contributed by atoms with van der Waals surface area (Å²) in [6.07, 6.45) is 6.72. The molecule has 2 aromatic heterocycles. The van der Waals surface area contributed by atoms with Gasteiger partial charge in [-0.25, -0.2) is 4.79 Å². The molecule has 0 spiro atoms. The lowest BCUT2D eigenvalue weighted by Gasteiger charge is -2.31. The summed E-state index contributed by atoms with van der Waals surface area (Å²) in [5, 5.41) is 5.02. The van der Waals surface area contributed by atoms with Crippen molar-refractivity contribution < 1.29 is 14.3 Å². The van der Waals surface area contributed by atoms with E-state index in [9.17, 15) is 4.79 Å². The van der Waals surface area contributed by atoms with Crippen LogP contribution in [-0.4, -0.2) is 28.7 Å². The minimum absolute atomic E-state index is 0.169. The maximum absolute atomic E-state index is 14.1. The summed E-state index contributed by atoms with van der Waals surface area (Å²) in [5.41, 5.74) is 5.39. The van der Waals surface area contributed by atoms with Crippen LogP contribution in [0.3, 0.4) is 0 Å². The molecule has 0 bridgehead atoms. The predicted molar refractivity (Wildman–Crippen MR) is 146 cm³/mol. The maximum Gasteiger partial charge on any atom is 0.322 e. The number of halogens is 1. The number of nitrogens with one attached hydrogen (secondary N) is 1. The van der Waals surface area contributed by atoms with Gasteiger partial charge in [-0.1, -0.05) is 23.7 Å². The quantitative estimate of drug-likeness (QED) is 0.303. The Labute approximate surface area is 224 Å². The van der Waals surface area contributed by atoms with Crippen molar-refractivity contribution >= 4 is 34.7 Å². The van der Waals surface area contributed by atoms with Crippen molar-refractivity contribution in [2.45, 2.75) is 38.3 Å². The van der Waals surface area contributed by atoms with Gasteiger partial charge in [0.25, 0.3) is 0 Å². The summed E-state index contributed by atoms with van der Waals surface area (Å²) in [4.78, 5) is 17.5. The lowest BCUT2D eigenvalue weighted by Crippen LogP contribution is -2.38. The molecular formula is C29H26ClN3O3S. The van der Waals surface area contributed by atoms with Crippen LogP contribution in [0, 0.1) is 0 Å². The number of anilines is 1. The highest BCUT2D eigenvalue weighted by molar-refractivity contribution is 7.15. The van der Waals surface area contributed by atoms with E-state index in [2.05, 4.69) is 28.2 Å². The zero-order valence-corrected chi connectivity index (χ0v) is 21.8. The Morgan fingerprint density at radius 1 is 0.973 bits per heavy atom. The van der Waals surface area contributed by atoms with Gasteiger partial charge >= 0.3 is 6.03 Å². The molecule has 0 saturated carbocycles. The fourth-order valence-corrected chi connectivity index (χ4v) is 7.33. The molecule has 4 aromatic rings. The van der Waals surface area contributed by atoms with Gasteiger partial charge in [-0.3, -0.25) is 0 Å². The molecule has 0 unspecified atom stereocenters. The highest BCUT2D eigenvalue weighted by atomic mass is 35.5. The number of carbonyl (C=O) groups is 1. The molecule has 1 N–H and O–H groups in total. The third kappa shape index (κ3) is 3.97. The topological polar surface area (TPSA) is 55.7 Å². The summed E-state index contributed by atoms with van der Waals surface area (Å²) in [7, 11) is 0. The first-order valence-corrected chi connectivity index (χ1v) is 13.9. The molecule has 6 nitrogen and oxygen atoms in total. The monoisotopic (exact) mass is 531 g/mol. The number of aryl methyl sites for hydroxylation is 1. The standard InChI is InChI=1S/C29H26ClN3O3S/c30-19-6-3-5-18(15-19)27-23-8-4-12-32(23)28-22(21-7-1-2-9-26(21)37-28)17-33(27)29(34)31-20-10-11-24-25(16-20)36-14-13-35-24/h3-6,8,10-12,15-16,27H,1-2,7,9,13-14,17H2,(H,31,34)/t27-/m0/s1. The number of aromatic nitrogens is 1. The molecule has 188 valence electrons. The number of fused-ring (bicyclic) bond motifs is 6. The van der Waals surface area contributed by atoms with E-state index in [1.54, 1.807) is 0 Å². The van der Waals surface area contributed by atoms with E-state index >= 15 is 0 Å². The first-order chi connectivity index (χ1) is 18.2. The van der Waals surface area contributed by atoms with Crippen LogP contribution in [0.15, 0.2) is 60.8 Å². The predicted octanol–water partition coefficient (Wildman–Crippen LogP) is 6.98. The molecule has 1 aliphatic carbocycles. The normalized spacial score (nSPS) is 17.9. The first-order valence-electron chi connectivity index (χ1n) is 12.7. The van der Waals surface area contributed by atoms with Gasteiger partial charge in [0.1, 0.15) is 18.2 Å². The highest BCUT2D eigenvalue weighted by Crippen LogP contribution is 2.44. The van der Waals surface area contributed by atoms with Gasteiger partial charge in [0, 0.05) is 33.4 Å². The summed E-state index contributed by atoms with van der Waals surface area (Å²) in [6, 6.07) is 17.1. The van der Waals surface area contributed by atoms with Crippen molar-refractivity contribution in [3.05, 3.63) is 93.1 Å². The number of amides is 2. The van der Waals surface area contributed by atoms with E-state index in [1.165, 1.54) is 33.8 Å². The molecule has 7 rings (SSSR count). The van der Waals surface area contributed by atoms with Crippen molar-refractivity contribution in [3.63, 3.8) is 0 Å². The van der Waals surface area contributed by atoms with Crippen molar-refractivity contribution in [1.29, 1.82) is 0 Å². The number of urea groups is 1. The second-order valence-electron chi connectivity index (χ2n) is 9.67. The molecule has 0 fully saturated rings. The number of nitrogens with zero attached hydrogens (tertiary/aromatic N) is 2. The van der Waals surface area contributed by atoms with E-state index in [4.69, 9.17) is 21.1 Å². The largest absolute Gasteiger partial charge is 0.486 e. The van der Waals surface area contributed by atoms with Gasteiger partial charge in [0.05, 0.1) is 18.3 Å². The number of carbonyl (C=O) groups excluding carboxylic acids is 1. The fraction of sp³-hybridized carbons (Fsp3) is 0.276. The number of thiophene rings is 1. The number of benzene rings is 2. The van der Waals surface area contributed by atoms with Crippen LogP contribution in [0.4, 0.5) is 10.5 Å². The summed E-state index contributed by atoms with van der Waals surface area (Å²) >= 11 is 8.32. The highest BCUT2D eigenvalue weighted by Gasteiger charge is 2.36. The summed E-state index contributed by atoms with van der Waals surface area (Å²) in [6.45, 7) is 1.55. The zero-order valence-electron chi connectivity index (χ0n) is 20.2. The van der Waals surface area contributed by atoms with Gasteiger partial charge in [-0.15, -0.1) is 11.3 Å². The Hall–Kier alpha value is -3.42. The van der Waals surface area contributed by atoms with Crippen LogP contribution in [0.5, 0.6) is 11.5 Å². The Bertz CT molecular complexity index is 1510. The van der Waals surface area contributed by atoms with Crippen molar-refractivity contribution in [2.75, 3.05) is 18.5 Å². The third-order valence-corrected chi connectivity index (χ3v) is 8.97. The molecule has 2 aromatic carbocycles. The van der Waals surface area contributed by atoms with Gasteiger partial charge < -0.3 is 24.3 Å². The van der Waals surface area contributed by atoms with Crippen molar-refractivity contribution in [1.82, 2.24) is 9.47 Å². The van der Waals surface area contributed by atoms with E-state index in [0.717, 1.165) is 24.1 Å². The SMILES string of the molecule is O=C(Nc1ccc2c(c1)OCCO2)N1Cc2c(sc3c2CCCC3)-n2cccc2[C@@H]1c1cccc(Cl)c1. The van der Waals surface area contributed by atoms with Crippen LogP contribution < -0.4 is 14.8 Å². The van der Waals surface area contributed by atoms with E-state index < -0.39 is 0 Å². The summed E-state index contributed by atoms with van der Waals surface area (Å²) in [5.74, 6) is 1.34. The smallest absolute Gasteiger partial charge is 0.322 e. The summed E-state index contributed by atoms with van der Waals surface area (Å²) < 4.78 is 13.7. The van der Waals surface area contributed by atoms with Crippen LogP contribution in [0.2, 0.25) is 5.02 Å². The Kier molecular flexibility index (Phi) is 5.63. The second-order valence-corrected chi connectivity index (χ2v) is 11.2. The molecular weight excluding hydrogens is 506 g/mol. The average molecular weight is 532 g/mol. The zero-order chi connectivity index (χ0) is 24.9. The van der Waals surface area contributed by atoms with Gasteiger partial charge in [0.15, 0.2) is 11.5 Å². The minimum Gasteiger partial charge on any atom is -0.486 e. The van der Waals surface area contributed by atoms with E-state index in [0.29, 0.717) is 42.0 Å². The van der Waals surface area contributed by atoms with Gasteiger partial charge in [-0.05, 0) is 73.2 Å². The van der Waals surface area contributed by atoms with Crippen LogP contribution in [0.25, 0.3) is 5.00 Å². The van der Waals surface area contributed by atoms with Crippen LogP contribution in [0.1, 0.15) is 46.1 Å². The number of hydrogen-bond acceptors (Lipinski definition) is 4. The number of rotatable bonds is 2. The molecule has 2 aliphatic heterocycles. The van der Waals surface area contributed by atoms with Crippen LogP contribution >= 0.6 is 22.9 Å². The molecule has 3 aliphatic rings. The van der Waals surface area contributed by atoms with E-state index in [1.807, 2.05) is 58.7 Å². The Morgan fingerprint density at radius 3 is 2.73 bits per heavy atom. The number of hydrogen-bond donors (Lipinski definition) is 1. The lowest BCUT2D eigenvalue weighted by atomic mass is 9.95. The minimum atomic E-state index is -0.301. The van der Waals surface area contributed by atoms with Crippen LogP contribution in [-0.2, 0) is 19.4 Å². The molecule has 1 atom stereocenters. The van der Waals surface area contributed by atoms with Crippen molar-refractivity contribution in [2.24, 2.45) is 0 Å². The first kappa shape index (κ1) is 22.8. The van der Waals surface area contributed by atoms with Crippen molar-refractivity contribution in [3.8, 4) is 16.5 Å². The maximum atomic E-state index is 14.1. The Morgan fingerprint density at radius 2 is 1.84 bits per heavy atom. The van der Waals surface area contributed by atoms with Gasteiger partial charge in [-0.2, -0.15) is 0 Å². The average Bonchev–Trinajstić information content (AvgIpc) is 3.50. The molecule has 4 heterocycles. The fourth-order valence-electron chi connectivity index (χ4n) is 5.73. The molecule has 2 amide bonds. The number of ether oxygens (including phenoxy) is 2. The second kappa shape index (κ2) is 9.15. The Balaban J connectivity index is 1.33. The van der Waals surface area contributed by atoms with Gasteiger partial charge in [0.2, 0.25) is 0 Å². The molecule has 37 heavy (non-hydrogen) atoms. The molecule has 8 heteroatoms. The van der Waals surface area contributed by atoms with E-state index in [-0.39, 0.29) is 12.1 Å². The molecule has 0 radical (unpaired) electrons. The lowest BCUT2D eigenvalue weighted by molar-refractivity contribution is 0.171. The molecule has 0 saturated heterocycles.